The highest BCUT2D eigenvalue weighted by atomic mass is 16.5. The normalized spacial score (nSPS) is 26.5. The molecule has 4 heteroatoms. The quantitative estimate of drug-likeness (QED) is 0.929. The van der Waals surface area contributed by atoms with Crippen LogP contribution < -0.4 is 4.74 Å². The summed E-state index contributed by atoms with van der Waals surface area (Å²) in [5, 5.41) is 9.65. The van der Waals surface area contributed by atoms with Crippen LogP contribution in [0.25, 0.3) is 0 Å². The van der Waals surface area contributed by atoms with Gasteiger partial charge < -0.3 is 9.84 Å². The molecule has 120 valence electrons. The Balaban J connectivity index is 1.85. The molecule has 1 saturated carbocycles. The third-order valence-corrected chi connectivity index (χ3v) is 5.38. The molecule has 2 fully saturated rings. The van der Waals surface area contributed by atoms with Gasteiger partial charge in [0.1, 0.15) is 5.75 Å². The number of ether oxygens (including phenoxy) is 1. The highest BCUT2D eigenvalue weighted by Crippen LogP contribution is 2.38. The number of rotatable bonds is 4. The van der Waals surface area contributed by atoms with Crippen LogP contribution in [0.4, 0.5) is 0 Å². The van der Waals surface area contributed by atoms with Gasteiger partial charge in [0.2, 0.25) is 0 Å². The third kappa shape index (κ3) is 2.84. The van der Waals surface area contributed by atoms with Crippen molar-refractivity contribution in [2.45, 2.75) is 44.6 Å². The maximum absolute atomic E-state index is 11.7. The van der Waals surface area contributed by atoms with E-state index in [1.54, 1.807) is 7.11 Å². The fourth-order valence-electron chi connectivity index (χ4n) is 4.16. The van der Waals surface area contributed by atoms with Crippen molar-refractivity contribution in [1.29, 1.82) is 0 Å². The lowest BCUT2D eigenvalue weighted by molar-refractivity contribution is -0.141. The Morgan fingerprint density at radius 2 is 2.00 bits per heavy atom. The molecular weight excluding hydrogens is 278 g/mol. The maximum atomic E-state index is 11.7. The lowest BCUT2D eigenvalue weighted by atomic mass is 9.86. The zero-order valence-electron chi connectivity index (χ0n) is 13.4. The van der Waals surface area contributed by atoms with Crippen molar-refractivity contribution in [2.24, 2.45) is 5.92 Å². The molecule has 0 amide bonds. The van der Waals surface area contributed by atoms with E-state index in [1.165, 1.54) is 25.7 Å². The summed E-state index contributed by atoms with van der Waals surface area (Å²) in [7, 11) is 1.66. The minimum Gasteiger partial charge on any atom is -0.497 e. The number of aliphatic carboxylic acids is 1. The van der Waals surface area contributed by atoms with Crippen LogP contribution in [0, 0.1) is 12.8 Å². The summed E-state index contributed by atoms with van der Waals surface area (Å²) in [5.41, 5.74) is 2.29. The molecule has 1 aliphatic carbocycles. The van der Waals surface area contributed by atoms with Gasteiger partial charge in [0.15, 0.2) is 0 Å². The molecule has 3 rings (SSSR count). The van der Waals surface area contributed by atoms with E-state index in [0.717, 1.165) is 23.4 Å². The van der Waals surface area contributed by atoms with Crippen molar-refractivity contribution < 1.29 is 14.6 Å². The zero-order valence-corrected chi connectivity index (χ0v) is 13.4. The Hall–Kier alpha value is -1.55. The molecule has 0 spiro atoms. The SMILES string of the molecule is COc1ccc([C@@H]2CN(C3CCCC3)C[C@H]2C(=O)O)c(C)c1. The molecule has 0 bridgehead atoms. The monoisotopic (exact) mass is 303 g/mol. The van der Waals surface area contributed by atoms with E-state index in [9.17, 15) is 9.90 Å². The summed E-state index contributed by atoms with van der Waals surface area (Å²) in [6.07, 6.45) is 5.01. The van der Waals surface area contributed by atoms with Gasteiger partial charge >= 0.3 is 5.97 Å². The largest absolute Gasteiger partial charge is 0.497 e. The highest BCUT2D eigenvalue weighted by Gasteiger charge is 2.41. The summed E-state index contributed by atoms with van der Waals surface area (Å²) in [6, 6.07) is 6.59. The molecule has 1 aromatic carbocycles. The smallest absolute Gasteiger partial charge is 0.308 e. The van der Waals surface area contributed by atoms with E-state index in [4.69, 9.17) is 4.74 Å². The molecule has 2 aliphatic rings. The molecule has 0 aromatic heterocycles. The van der Waals surface area contributed by atoms with Gasteiger partial charge in [-0.3, -0.25) is 9.69 Å². The van der Waals surface area contributed by atoms with Crippen molar-refractivity contribution in [3.8, 4) is 5.75 Å². The predicted molar refractivity (Wildman–Crippen MR) is 85.4 cm³/mol. The van der Waals surface area contributed by atoms with Gasteiger partial charge in [-0.05, 0) is 43.0 Å². The first kappa shape index (κ1) is 15.3. The van der Waals surface area contributed by atoms with Gasteiger partial charge in [-0.15, -0.1) is 0 Å². The first-order chi connectivity index (χ1) is 10.6. The molecule has 0 radical (unpaired) electrons. The summed E-state index contributed by atoms with van der Waals surface area (Å²) >= 11 is 0. The highest BCUT2D eigenvalue weighted by molar-refractivity contribution is 5.72. The van der Waals surface area contributed by atoms with Crippen molar-refractivity contribution in [2.75, 3.05) is 20.2 Å². The fourth-order valence-corrected chi connectivity index (χ4v) is 4.16. The van der Waals surface area contributed by atoms with Crippen LogP contribution in [-0.2, 0) is 4.79 Å². The third-order valence-electron chi connectivity index (χ3n) is 5.38. The molecule has 1 aliphatic heterocycles. The number of hydrogen-bond acceptors (Lipinski definition) is 3. The molecular formula is C18H25NO3. The molecule has 1 heterocycles. The Morgan fingerprint density at radius 1 is 1.27 bits per heavy atom. The molecule has 0 unspecified atom stereocenters. The molecule has 2 atom stereocenters. The standard InChI is InChI=1S/C18H25NO3/c1-12-9-14(22-2)7-8-15(12)16-10-19(11-17(16)18(20)21)13-5-3-4-6-13/h7-9,13,16-17H,3-6,10-11H2,1-2H3,(H,20,21)/t16-,17+/m0/s1. The molecule has 1 saturated heterocycles. The van der Waals surface area contributed by atoms with Crippen LogP contribution in [0.3, 0.4) is 0 Å². The van der Waals surface area contributed by atoms with E-state index in [0.29, 0.717) is 12.6 Å². The lowest BCUT2D eigenvalue weighted by Gasteiger charge is -2.23. The number of hydrogen-bond donors (Lipinski definition) is 1. The average molecular weight is 303 g/mol. The first-order valence-electron chi connectivity index (χ1n) is 8.21. The average Bonchev–Trinajstić information content (AvgIpc) is 3.16. The number of carboxylic acid groups (broad SMARTS) is 1. The predicted octanol–water partition coefficient (Wildman–Crippen LogP) is 3.05. The molecule has 4 nitrogen and oxygen atoms in total. The fraction of sp³-hybridized carbons (Fsp3) is 0.611. The first-order valence-corrected chi connectivity index (χ1v) is 8.21. The van der Waals surface area contributed by atoms with Gasteiger partial charge in [-0.1, -0.05) is 18.9 Å². The number of methoxy groups -OCH3 is 1. The second-order valence-corrected chi connectivity index (χ2v) is 6.67. The zero-order chi connectivity index (χ0) is 15.7. The number of aryl methyl sites for hydroxylation is 1. The van der Waals surface area contributed by atoms with Crippen molar-refractivity contribution >= 4 is 5.97 Å². The van der Waals surface area contributed by atoms with Crippen molar-refractivity contribution in [1.82, 2.24) is 4.90 Å². The summed E-state index contributed by atoms with van der Waals surface area (Å²) in [6.45, 7) is 3.61. The molecule has 1 aromatic rings. The molecule has 22 heavy (non-hydrogen) atoms. The Morgan fingerprint density at radius 3 is 2.59 bits per heavy atom. The minimum atomic E-state index is -0.666. The summed E-state index contributed by atoms with van der Waals surface area (Å²) < 4.78 is 5.26. The van der Waals surface area contributed by atoms with E-state index < -0.39 is 5.97 Å². The summed E-state index contributed by atoms with van der Waals surface area (Å²) in [5.74, 6) is -0.0452. The van der Waals surface area contributed by atoms with Crippen molar-refractivity contribution in [3.63, 3.8) is 0 Å². The number of likely N-dealkylation sites (tertiary alicyclic amines) is 1. The van der Waals surface area contributed by atoms with Crippen LogP contribution in [-0.4, -0.2) is 42.2 Å². The lowest BCUT2D eigenvalue weighted by Crippen LogP contribution is -2.31. The maximum Gasteiger partial charge on any atom is 0.308 e. The number of nitrogens with zero attached hydrogens (tertiary/aromatic N) is 1. The Kier molecular flexibility index (Phi) is 4.39. The minimum absolute atomic E-state index is 0.0870. The number of benzene rings is 1. The van der Waals surface area contributed by atoms with Crippen LogP contribution in [0.1, 0.15) is 42.7 Å². The summed E-state index contributed by atoms with van der Waals surface area (Å²) in [4.78, 5) is 14.1. The Labute approximate surface area is 132 Å². The van der Waals surface area contributed by atoms with Crippen LogP contribution in [0.2, 0.25) is 0 Å². The van der Waals surface area contributed by atoms with Crippen molar-refractivity contribution in [3.05, 3.63) is 29.3 Å². The van der Waals surface area contributed by atoms with Gasteiger partial charge in [0, 0.05) is 25.0 Å². The van der Waals surface area contributed by atoms with Crippen LogP contribution in [0.15, 0.2) is 18.2 Å². The molecule has 1 N–H and O–H groups in total. The van der Waals surface area contributed by atoms with Crippen LogP contribution in [0.5, 0.6) is 5.75 Å². The van der Waals surface area contributed by atoms with E-state index >= 15 is 0 Å². The topological polar surface area (TPSA) is 49.8 Å². The second kappa shape index (κ2) is 6.29. The number of carboxylic acids is 1. The number of carbonyl (C=O) groups is 1. The van der Waals surface area contributed by atoms with Gasteiger partial charge in [0.25, 0.3) is 0 Å². The van der Waals surface area contributed by atoms with E-state index in [-0.39, 0.29) is 11.8 Å². The second-order valence-electron chi connectivity index (χ2n) is 6.67. The van der Waals surface area contributed by atoms with Gasteiger partial charge in [-0.2, -0.15) is 0 Å². The van der Waals surface area contributed by atoms with E-state index in [1.807, 2.05) is 18.2 Å². The van der Waals surface area contributed by atoms with E-state index in [2.05, 4.69) is 11.8 Å². The van der Waals surface area contributed by atoms with Crippen LogP contribution >= 0.6 is 0 Å². The van der Waals surface area contributed by atoms with Gasteiger partial charge in [-0.25, -0.2) is 0 Å². The Bertz CT molecular complexity index is 551. The van der Waals surface area contributed by atoms with Gasteiger partial charge in [0.05, 0.1) is 13.0 Å².